The normalized spacial score (nSPS) is 19.1. The number of aromatic nitrogens is 1. The number of ketones is 1. The Labute approximate surface area is 171 Å². The molecule has 1 fully saturated rings. The minimum absolute atomic E-state index is 0.0984. The fraction of sp³-hybridized carbons (Fsp3) is 0.455. The van der Waals surface area contributed by atoms with E-state index in [0.29, 0.717) is 18.4 Å². The summed E-state index contributed by atoms with van der Waals surface area (Å²) in [5, 5.41) is 0. The first-order chi connectivity index (χ1) is 13.7. The summed E-state index contributed by atoms with van der Waals surface area (Å²) < 4.78 is 30.9. The van der Waals surface area contributed by atoms with Crippen LogP contribution in [0.15, 0.2) is 36.4 Å². The number of esters is 1. The Balaban J connectivity index is 1.70. The number of carbonyl (C=O) groups excluding carboxylic acids is 2. The lowest BCUT2D eigenvalue weighted by Gasteiger charge is -2.16. The zero-order chi connectivity index (χ0) is 21.2. The molecule has 2 atom stereocenters. The average Bonchev–Trinajstić information content (AvgIpc) is 3.19. The minimum Gasteiger partial charge on any atom is -0.457 e. The maximum atomic E-state index is 12.7. The van der Waals surface area contributed by atoms with Crippen molar-refractivity contribution in [3.05, 3.63) is 58.9 Å². The zero-order valence-electron chi connectivity index (χ0n) is 17.1. The topological polar surface area (TPSA) is 82.4 Å². The highest BCUT2D eigenvalue weighted by atomic mass is 32.2. The maximum Gasteiger partial charge on any atom is 0.313 e. The molecule has 0 bridgehead atoms. The van der Waals surface area contributed by atoms with Crippen LogP contribution in [0.4, 0.5) is 0 Å². The van der Waals surface area contributed by atoms with Gasteiger partial charge in [0.1, 0.15) is 0 Å². The third kappa shape index (κ3) is 4.61. The number of rotatable bonds is 7. The van der Waals surface area contributed by atoms with E-state index >= 15 is 0 Å². The molecule has 0 spiro atoms. The largest absolute Gasteiger partial charge is 0.457 e. The highest BCUT2D eigenvalue weighted by molar-refractivity contribution is 7.91. The van der Waals surface area contributed by atoms with E-state index in [1.165, 1.54) is 0 Å². The molecule has 0 amide bonds. The van der Waals surface area contributed by atoms with Crippen LogP contribution in [-0.4, -0.2) is 42.9 Å². The zero-order valence-corrected chi connectivity index (χ0v) is 17.9. The van der Waals surface area contributed by atoms with Gasteiger partial charge in [0.25, 0.3) is 0 Å². The summed E-state index contributed by atoms with van der Waals surface area (Å²) in [5.41, 5.74) is 2.91. The number of benzene rings is 1. The molecule has 1 aromatic heterocycles. The fourth-order valence-corrected chi connectivity index (χ4v) is 5.84. The molecule has 0 N–H and O–H groups in total. The first-order valence-corrected chi connectivity index (χ1v) is 11.7. The minimum atomic E-state index is -3.02. The van der Waals surface area contributed by atoms with Gasteiger partial charge in [-0.15, -0.1) is 0 Å². The predicted octanol–water partition coefficient (Wildman–Crippen LogP) is 3.38. The Morgan fingerprint density at radius 2 is 1.90 bits per heavy atom. The first kappa shape index (κ1) is 21.3. The standard InChI is InChI=1S/C22H27NO5S/c1-4-19(17-8-6-5-7-9-17)22(25)28-13-21(24)20-12-15(2)23(16(20)3)18-10-11-29(26,27)14-18/h5-9,12,18-19H,4,10-11,13-14H2,1-3H3. The summed E-state index contributed by atoms with van der Waals surface area (Å²) in [7, 11) is -3.02. The van der Waals surface area contributed by atoms with E-state index in [2.05, 4.69) is 0 Å². The van der Waals surface area contributed by atoms with Crippen LogP contribution in [0.2, 0.25) is 0 Å². The molecule has 0 saturated carbocycles. The molecular weight excluding hydrogens is 390 g/mol. The summed E-state index contributed by atoms with van der Waals surface area (Å²) in [6.45, 7) is 5.26. The number of ether oxygens (including phenoxy) is 1. The van der Waals surface area contributed by atoms with Crippen molar-refractivity contribution in [3.8, 4) is 0 Å². The lowest BCUT2D eigenvalue weighted by molar-refractivity contribution is -0.144. The number of hydrogen-bond donors (Lipinski definition) is 0. The summed E-state index contributed by atoms with van der Waals surface area (Å²) >= 11 is 0. The molecule has 2 aromatic rings. The number of Topliss-reactive ketones (excluding diaryl/α,β-unsaturated/α-hetero) is 1. The van der Waals surface area contributed by atoms with Crippen LogP contribution in [-0.2, 0) is 19.4 Å². The summed E-state index contributed by atoms with van der Waals surface area (Å²) in [6.07, 6.45) is 1.14. The molecule has 3 rings (SSSR count). The maximum absolute atomic E-state index is 12.7. The van der Waals surface area contributed by atoms with Crippen LogP contribution >= 0.6 is 0 Å². The highest BCUT2D eigenvalue weighted by Gasteiger charge is 2.32. The van der Waals surface area contributed by atoms with Crippen molar-refractivity contribution in [2.24, 2.45) is 0 Å². The van der Waals surface area contributed by atoms with Gasteiger partial charge in [-0.3, -0.25) is 9.59 Å². The molecule has 6 nitrogen and oxygen atoms in total. The second-order valence-electron chi connectivity index (χ2n) is 7.61. The van der Waals surface area contributed by atoms with Gasteiger partial charge in [0.2, 0.25) is 5.78 Å². The van der Waals surface area contributed by atoms with E-state index in [4.69, 9.17) is 4.74 Å². The molecule has 1 aromatic carbocycles. The third-order valence-corrected chi connectivity index (χ3v) is 7.35. The van der Waals surface area contributed by atoms with E-state index in [-0.39, 0.29) is 29.9 Å². The Kier molecular flexibility index (Phi) is 6.27. The molecule has 2 unspecified atom stereocenters. The van der Waals surface area contributed by atoms with E-state index < -0.39 is 21.7 Å². The van der Waals surface area contributed by atoms with Crippen molar-refractivity contribution in [1.82, 2.24) is 4.57 Å². The van der Waals surface area contributed by atoms with Crippen LogP contribution < -0.4 is 0 Å². The molecule has 29 heavy (non-hydrogen) atoms. The highest BCUT2D eigenvalue weighted by Crippen LogP contribution is 2.29. The second kappa shape index (κ2) is 8.53. The van der Waals surface area contributed by atoms with Crippen LogP contribution in [0.5, 0.6) is 0 Å². The molecule has 0 radical (unpaired) electrons. The van der Waals surface area contributed by atoms with Crippen LogP contribution in [0.3, 0.4) is 0 Å². The lowest BCUT2D eigenvalue weighted by Crippen LogP contribution is -2.20. The van der Waals surface area contributed by atoms with Gasteiger partial charge in [-0.2, -0.15) is 0 Å². The number of nitrogens with zero attached hydrogens (tertiary/aromatic N) is 1. The molecule has 156 valence electrons. The molecule has 1 aliphatic rings. The Bertz CT molecular complexity index is 1010. The van der Waals surface area contributed by atoms with Crippen molar-refractivity contribution in [3.63, 3.8) is 0 Å². The number of aryl methyl sites for hydroxylation is 1. The lowest BCUT2D eigenvalue weighted by atomic mass is 9.97. The summed E-state index contributed by atoms with van der Waals surface area (Å²) in [4.78, 5) is 25.2. The fourth-order valence-electron chi connectivity index (χ4n) is 4.14. The second-order valence-corrected chi connectivity index (χ2v) is 9.84. The van der Waals surface area contributed by atoms with E-state index in [0.717, 1.165) is 17.0 Å². The van der Waals surface area contributed by atoms with Gasteiger partial charge >= 0.3 is 5.97 Å². The van der Waals surface area contributed by atoms with Crippen molar-refractivity contribution < 1.29 is 22.7 Å². The van der Waals surface area contributed by atoms with Gasteiger partial charge < -0.3 is 9.30 Å². The van der Waals surface area contributed by atoms with Crippen LogP contribution in [0, 0.1) is 13.8 Å². The van der Waals surface area contributed by atoms with E-state index in [1.807, 2.05) is 55.7 Å². The molecule has 1 saturated heterocycles. The van der Waals surface area contributed by atoms with Gasteiger partial charge in [0.05, 0.1) is 17.4 Å². The molecular formula is C22H27NO5S. The van der Waals surface area contributed by atoms with Gasteiger partial charge in [-0.25, -0.2) is 8.42 Å². The average molecular weight is 418 g/mol. The van der Waals surface area contributed by atoms with E-state index in [9.17, 15) is 18.0 Å². The van der Waals surface area contributed by atoms with Gasteiger partial charge in [-0.05, 0) is 38.3 Å². The van der Waals surface area contributed by atoms with Crippen LogP contribution in [0.1, 0.15) is 59.0 Å². The molecule has 0 aliphatic carbocycles. The Morgan fingerprint density at radius 3 is 2.48 bits per heavy atom. The number of sulfone groups is 1. The van der Waals surface area contributed by atoms with Crippen molar-refractivity contribution in [1.29, 1.82) is 0 Å². The monoisotopic (exact) mass is 417 g/mol. The quantitative estimate of drug-likeness (QED) is 0.509. The Morgan fingerprint density at radius 1 is 1.21 bits per heavy atom. The SMILES string of the molecule is CCC(C(=O)OCC(=O)c1cc(C)n(C2CCS(=O)(=O)C2)c1C)c1ccccc1. The molecule has 1 aliphatic heterocycles. The van der Waals surface area contributed by atoms with Gasteiger partial charge in [0.15, 0.2) is 16.4 Å². The summed E-state index contributed by atoms with van der Waals surface area (Å²) in [5.74, 6) is -0.821. The summed E-state index contributed by atoms with van der Waals surface area (Å²) in [6, 6.07) is 11.0. The van der Waals surface area contributed by atoms with Gasteiger partial charge in [0, 0.05) is 23.0 Å². The van der Waals surface area contributed by atoms with E-state index in [1.54, 1.807) is 6.07 Å². The number of carbonyl (C=O) groups is 2. The van der Waals surface area contributed by atoms with Gasteiger partial charge in [-0.1, -0.05) is 37.3 Å². The van der Waals surface area contributed by atoms with Crippen LogP contribution in [0.25, 0.3) is 0 Å². The molecule has 2 heterocycles. The molecule has 7 heteroatoms. The third-order valence-electron chi connectivity index (χ3n) is 5.60. The smallest absolute Gasteiger partial charge is 0.313 e. The van der Waals surface area contributed by atoms with Crippen molar-refractivity contribution >= 4 is 21.6 Å². The Hall–Kier alpha value is -2.41. The number of hydrogen-bond acceptors (Lipinski definition) is 5. The predicted molar refractivity (Wildman–Crippen MR) is 111 cm³/mol. The van der Waals surface area contributed by atoms with Crippen molar-refractivity contribution in [2.45, 2.75) is 45.6 Å². The first-order valence-electron chi connectivity index (χ1n) is 9.87. The van der Waals surface area contributed by atoms with Crippen molar-refractivity contribution in [2.75, 3.05) is 18.1 Å².